The molecule has 0 radical (unpaired) electrons. The van der Waals surface area contributed by atoms with E-state index in [4.69, 9.17) is 4.74 Å². The molecule has 6 rings (SSSR count). The van der Waals surface area contributed by atoms with Crippen LogP contribution in [0.4, 0.5) is 30.7 Å². The second-order valence-corrected chi connectivity index (χ2v) is 11.1. The van der Waals surface area contributed by atoms with Gasteiger partial charge in [-0.2, -0.15) is 26.3 Å². The van der Waals surface area contributed by atoms with Crippen molar-refractivity contribution in [2.45, 2.75) is 69.1 Å². The van der Waals surface area contributed by atoms with E-state index in [-0.39, 0.29) is 17.0 Å². The van der Waals surface area contributed by atoms with Crippen molar-refractivity contribution >= 4 is 16.9 Å². The molecule has 1 N–H and O–H groups in total. The normalized spacial score (nSPS) is 23.4. The molecular weight excluding hydrogens is 557 g/mol. The highest BCUT2D eigenvalue weighted by atomic mass is 19.4. The van der Waals surface area contributed by atoms with Crippen molar-refractivity contribution in [3.63, 3.8) is 0 Å². The third kappa shape index (κ3) is 4.11. The Kier molecular flexibility index (Phi) is 6.37. The Morgan fingerprint density at radius 1 is 1.00 bits per heavy atom. The van der Waals surface area contributed by atoms with Crippen LogP contribution in [0.3, 0.4) is 0 Å². The number of alkyl halides is 6. The van der Waals surface area contributed by atoms with Crippen molar-refractivity contribution in [3.8, 4) is 5.75 Å². The lowest BCUT2D eigenvalue weighted by molar-refractivity contribution is -0.373. The molecule has 0 saturated carbocycles. The number of H-pyrrole nitrogens is 1. The maximum atomic E-state index is 14.4. The van der Waals surface area contributed by atoms with Crippen molar-refractivity contribution in [3.05, 3.63) is 64.6 Å². The van der Waals surface area contributed by atoms with E-state index in [1.807, 2.05) is 0 Å². The van der Waals surface area contributed by atoms with Gasteiger partial charge in [0.2, 0.25) is 0 Å². The maximum absolute atomic E-state index is 14.4. The Morgan fingerprint density at radius 3 is 2.37 bits per heavy atom. The van der Waals surface area contributed by atoms with Gasteiger partial charge in [-0.25, -0.2) is 9.18 Å². The van der Waals surface area contributed by atoms with E-state index in [1.54, 1.807) is 12.1 Å². The van der Waals surface area contributed by atoms with Gasteiger partial charge in [-0.3, -0.25) is 4.90 Å². The van der Waals surface area contributed by atoms with Crippen molar-refractivity contribution in [2.24, 2.45) is 5.92 Å². The molecule has 1 aromatic heterocycles. The molecule has 41 heavy (non-hydrogen) atoms. The third-order valence-corrected chi connectivity index (χ3v) is 8.82. The average molecular weight is 585 g/mol. The van der Waals surface area contributed by atoms with Crippen LogP contribution in [0.25, 0.3) is 10.9 Å². The van der Waals surface area contributed by atoms with Crippen LogP contribution >= 0.6 is 0 Å². The standard InChI is InChI=1S/C29H27F7N2O3/c1-16-23(25(39)41-27(28(31,32)33,29(34,35)36)17-6-8-19(30)9-7-17)24-20-15-18-5-4-14-38-13-3-2-12-26(18,38)40-22(20)11-10-21(24)37-16/h6-11,18,37H,2-5,12-15H2,1H3. The fraction of sp³-hybridized carbons (Fsp3) is 0.483. The highest BCUT2D eigenvalue weighted by Crippen LogP contribution is 2.54. The molecule has 220 valence electrons. The number of ether oxygens (including phenoxy) is 2. The van der Waals surface area contributed by atoms with Crippen molar-refractivity contribution < 1.29 is 45.0 Å². The number of aromatic nitrogens is 1. The van der Waals surface area contributed by atoms with Crippen LogP contribution in [-0.4, -0.2) is 47.0 Å². The summed E-state index contributed by atoms with van der Waals surface area (Å²) in [6, 6.07) is 4.87. The molecule has 0 aliphatic carbocycles. The van der Waals surface area contributed by atoms with Crippen LogP contribution in [0.5, 0.6) is 5.75 Å². The first-order chi connectivity index (χ1) is 19.3. The number of esters is 1. The van der Waals surface area contributed by atoms with Gasteiger partial charge >= 0.3 is 23.9 Å². The molecule has 0 bridgehead atoms. The molecule has 4 heterocycles. The lowest BCUT2D eigenvalue weighted by atomic mass is 9.74. The zero-order chi connectivity index (χ0) is 29.4. The number of nitrogens with zero attached hydrogens (tertiary/aromatic N) is 1. The summed E-state index contributed by atoms with van der Waals surface area (Å²) in [4.78, 5) is 18.8. The SMILES string of the molecule is Cc1[nH]c2ccc3c(c2c1C(=O)OC(c1ccc(F)cc1)(C(F)(F)F)C(F)(F)F)CC1CCCN2CCCCC12O3. The Labute approximate surface area is 230 Å². The molecule has 3 aliphatic heterocycles. The van der Waals surface area contributed by atoms with E-state index in [0.717, 1.165) is 45.2 Å². The number of rotatable bonds is 3. The molecule has 2 aromatic carbocycles. The lowest BCUT2D eigenvalue weighted by Gasteiger charge is -2.56. The largest absolute Gasteiger partial charge is 0.472 e. The predicted molar refractivity (Wildman–Crippen MR) is 134 cm³/mol. The van der Waals surface area contributed by atoms with Gasteiger partial charge in [0.1, 0.15) is 11.6 Å². The molecule has 3 aliphatic rings. The zero-order valence-corrected chi connectivity index (χ0v) is 22.0. The number of benzene rings is 2. The topological polar surface area (TPSA) is 54.6 Å². The molecule has 2 atom stereocenters. The minimum absolute atomic E-state index is 0.0392. The van der Waals surface area contributed by atoms with Crippen LogP contribution in [-0.2, 0) is 16.8 Å². The molecule has 0 amide bonds. The number of halogens is 7. The number of hydrogen-bond donors (Lipinski definition) is 1. The summed E-state index contributed by atoms with van der Waals surface area (Å²) in [7, 11) is 0. The molecule has 1 spiro atoms. The van der Waals surface area contributed by atoms with Gasteiger partial charge in [0, 0.05) is 53.2 Å². The zero-order valence-electron chi connectivity index (χ0n) is 22.0. The monoisotopic (exact) mass is 584 g/mol. The Balaban J connectivity index is 1.48. The average Bonchev–Trinajstić information content (AvgIpc) is 3.25. The molecule has 2 unspecified atom stereocenters. The van der Waals surface area contributed by atoms with Gasteiger partial charge in [-0.1, -0.05) is 12.1 Å². The van der Waals surface area contributed by atoms with Gasteiger partial charge in [-0.15, -0.1) is 0 Å². The van der Waals surface area contributed by atoms with Gasteiger partial charge in [0.05, 0.1) is 5.56 Å². The first-order valence-corrected chi connectivity index (χ1v) is 13.5. The minimum atomic E-state index is -6.11. The second kappa shape index (κ2) is 9.37. The van der Waals surface area contributed by atoms with E-state index < -0.39 is 46.6 Å². The van der Waals surface area contributed by atoms with E-state index in [2.05, 4.69) is 14.6 Å². The first kappa shape index (κ1) is 27.9. The number of hydrogen-bond acceptors (Lipinski definition) is 4. The summed E-state index contributed by atoms with van der Waals surface area (Å²) in [5.41, 5.74) is -6.46. The van der Waals surface area contributed by atoms with Gasteiger partial charge in [0.15, 0.2) is 5.72 Å². The van der Waals surface area contributed by atoms with E-state index in [0.29, 0.717) is 47.5 Å². The van der Waals surface area contributed by atoms with Gasteiger partial charge in [0.25, 0.3) is 0 Å². The van der Waals surface area contributed by atoms with Crippen molar-refractivity contribution in [2.75, 3.05) is 13.1 Å². The molecule has 3 aromatic rings. The Morgan fingerprint density at radius 2 is 1.68 bits per heavy atom. The van der Waals surface area contributed by atoms with E-state index in [1.165, 1.54) is 6.92 Å². The van der Waals surface area contributed by atoms with E-state index in [9.17, 15) is 35.5 Å². The Bertz CT molecular complexity index is 1480. The summed E-state index contributed by atoms with van der Waals surface area (Å²) >= 11 is 0. The lowest BCUT2D eigenvalue weighted by Crippen LogP contribution is -2.64. The first-order valence-electron chi connectivity index (χ1n) is 13.5. The van der Waals surface area contributed by atoms with E-state index >= 15 is 0 Å². The minimum Gasteiger partial charge on any atom is -0.472 e. The number of aromatic amines is 1. The number of fused-ring (bicyclic) bond motifs is 3. The molecular formula is C29H27F7N2O3. The maximum Gasteiger partial charge on any atom is 0.442 e. The van der Waals surface area contributed by atoms with Gasteiger partial charge < -0.3 is 14.5 Å². The molecule has 2 fully saturated rings. The number of aryl methyl sites for hydroxylation is 1. The smallest absolute Gasteiger partial charge is 0.442 e. The summed E-state index contributed by atoms with van der Waals surface area (Å²) in [5, 5.41) is 0.185. The number of piperidine rings is 2. The van der Waals surface area contributed by atoms with Crippen LogP contribution in [0.1, 0.15) is 59.3 Å². The summed E-state index contributed by atoms with van der Waals surface area (Å²) in [6.45, 7) is 3.16. The van der Waals surface area contributed by atoms with Crippen LogP contribution in [0.15, 0.2) is 36.4 Å². The number of carbonyl (C=O) groups excluding carboxylic acids is 1. The van der Waals surface area contributed by atoms with Gasteiger partial charge in [-0.05, 0) is 63.3 Å². The van der Waals surface area contributed by atoms with Crippen molar-refractivity contribution in [1.29, 1.82) is 0 Å². The molecule has 5 nitrogen and oxygen atoms in total. The highest BCUT2D eigenvalue weighted by molar-refractivity contribution is 6.07. The molecule has 12 heteroatoms. The second-order valence-electron chi connectivity index (χ2n) is 11.1. The summed E-state index contributed by atoms with van der Waals surface area (Å²) in [6.07, 6.45) is -7.17. The third-order valence-electron chi connectivity index (χ3n) is 8.82. The fourth-order valence-corrected chi connectivity index (χ4v) is 7.00. The van der Waals surface area contributed by atoms with Crippen LogP contribution in [0.2, 0.25) is 0 Å². The fourth-order valence-electron chi connectivity index (χ4n) is 7.00. The summed E-state index contributed by atoms with van der Waals surface area (Å²) < 4.78 is 111. The predicted octanol–water partition coefficient (Wildman–Crippen LogP) is 7.32. The van der Waals surface area contributed by atoms with Crippen LogP contribution in [0, 0.1) is 18.7 Å². The van der Waals surface area contributed by atoms with Crippen molar-refractivity contribution in [1.82, 2.24) is 9.88 Å². The number of carbonyl (C=O) groups is 1. The quantitative estimate of drug-likeness (QED) is 0.259. The number of nitrogens with one attached hydrogen (secondary N) is 1. The molecule has 2 saturated heterocycles. The Hall–Kier alpha value is -3.28. The summed E-state index contributed by atoms with van der Waals surface area (Å²) in [5.74, 6) is -2.36. The highest BCUT2D eigenvalue weighted by Gasteiger charge is 2.75. The van der Waals surface area contributed by atoms with Crippen LogP contribution < -0.4 is 4.74 Å².